The average Bonchev–Trinajstić information content (AvgIpc) is 3.68. The number of rotatable bonds is 12. The highest BCUT2D eigenvalue weighted by atomic mass is 35.5. The summed E-state index contributed by atoms with van der Waals surface area (Å²) >= 11 is 6.23. The molecule has 1 unspecified atom stereocenters. The van der Waals surface area contributed by atoms with Crippen molar-refractivity contribution in [3.05, 3.63) is 81.1 Å². The number of hydrogen-bond donors (Lipinski definition) is 4. The van der Waals surface area contributed by atoms with Crippen LogP contribution in [0.3, 0.4) is 0 Å². The Balaban J connectivity index is 1.32. The van der Waals surface area contributed by atoms with Gasteiger partial charge in [0.25, 0.3) is 0 Å². The molecular weight excluding hydrogens is 515 g/mol. The number of nitrogens with one attached hydrogen (secondary N) is 2. The zero-order chi connectivity index (χ0) is 27.5. The molecule has 0 radical (unpaired) electrons. The maximum Gasteiger partial charge on any atom is 0.354 e. The summed E-state index contributed by atoms with van der Waals surface area (Å²) in [5.74, 6) is 0.206. The predicted octanol–water partition coefficient (Wildman–Crippen LogP) is 5.06. The van der Waals surface area contributed by atoms with Crippen molar-refractivity contribution in [2.24, 2.45) is 17.4 Å². The van der Waals surface area contributed by atoms with E-state index in [1.807, 2.05) is 31.2 Å². The summed E-state index contributed by atoms with van der Waals surface area (Å²) in [6.45, 7) is 3.59. The third kappa shape index (κ3) is 6.76. The fraction of sp³-hybridized carbons (Fsp3) is 0.400. The Labute approximate surface area is 232 Å². The third-order valence-corrected chi connectivity index (χ3v) is 7.71. The monoisotopic (exact) mass is 550 g/mol. The van der Waals surface area contributed by atoms with Crippen molar-refractivity contribution in [2.45, 2.75) is 64.1 Å². The number of halogens is 2. The second kappa shape index (κ2) is 12.0. The van der Waals surface area contributed by atoms with Crippen LogP contribution in [0.2, 0.25) is 5.02 Å². The Kier molecular flexibility index (Phi) is 8.47. The number of benzene rings is 2. The molecule has 0 spiro atoms. The molecule has 5 rings (SSSR count). The molecule has 9 heteroatoms. The molecule has 0 amide bonds. The van der Waals surface area contributed by atoms with Gasteiger partial charge in [-0.3, -0.25) is 4.57 Å². The first-order valence-corrected chi connectivity index (χ1v) is 14.1. The zero-order valence-electron chi connectivity index (χ0n) is 22.2. The van der Waals surface area contributed by atoms with E-state index in [-0.39, 0.29) is 11.1 Å². The highest BCUT2D eigenvalue weighted by Gasteiger charge is 2.27. The van der Waals surface area contributed by atoms with Gasteiger partial charge in [0.1, 0.15) is 5.65 Å². The second-order valence-corrected chi connectivity index (χ2v) is 11.2. The highest BCUT2D eigenvalue weighted by Crippen LogP contribution is 2.33. The van der Waals surface area contributed by atoms with Gasteiger partial charge in [-0.05, 0) is 99.4 Å². The Hall–Kier alpha value is -3.04. The van der Waals surface area contributed by atoms with Crippen molar-refractivity contribution in [1.82, 2.24) is 19.9 Å². The summed E-state index contributed by atoms with van der Waals surface area (Å²) in [4.78, 5) is 20.2. The van der Waals surface area contributed by atoms with Crippen molar-refractivity contribution < 1.29 is 4.39 Å². The van der Waals surface area contributed by atoms with Gasteiger partial charge in [0.2, 0.25) is 0 Å². The first-order valence-electron chi connectivity index (χ1n) is 13.7. The molecule has 2 aromatic carbocycles. The number of hydrogen-bond acceptors (Lipinski definition) is 5. The van der Waals surface area contributed by atoms with E-state index in [4.69, 9.17) is 23.1 Å². The molecule has 4 aromatic rings. The zero-order valence-corrected chi connectivity index (χ0v) is 23.0. The lowest BCUT2D eigenvalue weighted by atomic mass is 10.0. The molecule has 6 N–H and O–H groups in total. The van der Waals surface area contributed by atoms with Crippen LogP contribution in [0, 0.1) is 11.7 Å². The maximum atomic E-state index is 15.0. The number of fused-ring (bicyclic) bond motifs is 1. The van der Waals surface area contributed by atoms with E-state index >= 15 is 4.39 Å². The molecule has 39 heavy (non-hydrogen) atoms. The van der Waals surface area contributed by atoms with Gasteiger partial charge in [-0.25, -0.2) is 9.18 Å². The molecule has 7 nitrogen and oxygen atoms in total. The van der Waals surface area contributed by atoms with E-state index in [0.717, 1.165) is 49.9 Å². The lowest BCUT2D eigenvalue weighted by Gasteiger charge is -2.11. The van der Waals surface area contributed by atoms with E-state index in [1.54, 1.807) is 24.4 Å². The fourth-order valence-electron chi connectivity index (χ4n) is 4.97. The van der Waals surface area contributed by atoms with E-state index in [2.05, 4.69) is 15.3 Å². The lowest BCUT2D eigenvalue weighted by molar-refractivity contribution is 0.517. The van der Waals surface area contributed by atoms with Crippen LogP contribution in [0.15, 0.2) is 53.5 Å². The van der Waals surface area contributed by atoms with E-state index in [9.17, 15) is 4.79 Å². The van der Waals surface area contributed by atoms with Crippen LogP contribution in [0.25, 0.3) is 28.0 Å². The molecule has 1 saturated carbocycles. The Morgan fingerprint density at radius 3 is 2.64 bits per heavy atom. The SMILES string of the molecule is C[C@H](N)CCCc1cc(Cl)c(F)c(-c2cc3cn(-c4ccc(CNCCC(N)C5CC5)cc4)c(=O)nc3[nH]2)c1. The molecule has 206 valence electrons. The third-order valence-electron chi connectivity index (χ3n) is 7.44. The van der Waals surface area contributed by atoms with Gasteiger partial charge in [0.15, 0.2) is 5.82 Å². The summed E-state index contributed by atoms with van der Waals surface area (Å²) in [7, 11) is 0. The van der Waals surface area contributed by atoms with Crippen molar-refractivity contribution >= 4 is 22.6 Å². The minimum atomic E-state index is -0.506. The molecule has 1 aliphatic rings. The van der Waals surface area contributed by atoms with Crippen molar-refractivity contribution in [3.8, 4) is 16.9 Å². The average molecular weight is 551 g/mol. The summed E-state index contributed by atoms with van der Waals surface area (Å²) in [5, 5.41) is 4.21. The first kappa shape index (κ1) is 27.5. The molecular formula is C30H36ClFN6O. The number of aryl methyl sites for hydroxylation is 1. The Bertz CT molecular complexity index is 1490. The molecule has 1 aliphatic carbocycles. The van der Waals surface area contributed by atoms with Crippen LogP contribution >= 0.6 is 11.6 Å². The largest absolute Gasteiger partial charge is 0.354 e. The molecule has 0 bridgehead atoms. The quantitative estimate of drug-likeness (QED) is 0.184. The minimum absolute atomic E-state index is 0.0647. The summed E-state index contributed by atoms with van der Waals surface area (Å²) < 4.78 is 16.5. The van der Waals surface area contributed by atoms with E-state index in [0.29, 0.717) is 39.9 Å². The van der Waals surface area contributed by atoms with Crippen molar-refractivity contribution in [3.63, 3.8) is 0 Å². The van der Waals surface area contributed by atoms with Crippen LogP contribution < -0.4 is 22.5 Å². The van der Waals surface area contributed by atoms with Gasteiger partial charge in [-0.2, -0.15) is 4.98 Å². The molecule has 0 saturated heterocycles. The number of aromatic amines is 1. The van der Waals surface area contributed by atoms with Gasteiger partial charge in [0, 0.05) is 35.8 Å². The van der Waals surface area contributed by atoms with Crippen LogP contribution in [0.5, 0.6) is 0 Å². The van der Waals surface area contributed by atoms with Crippen LogP contribution in [-0.2, 0) is 13.0 Å². The molecule has 2 aromatic heterocycles. The smallest absolute Gasteiger partial charge is 0.339 e. The fourth-order valence-corrected chi connectivity index (χ4v) is 5.22. The van der Waals surface area contributed by atoms with E-state index < -0.39 is 11.5 Å². The summed E-state index contributed by atoms with van der Waals surface area (Å²) in [5.41, 5.74) is 15.6. The highest BCUT2D eigenvalue weighted by molar-refractivity contribution is 6.31. The number of aromatic nitrogens is 3. The van der Waals surface area contributed by atoms with Gasteiger partial charge < -0.3 is 21.8 Å². The summed E-state index contributed by atoms with van der Waals surface area (Å²) in [6, 6.07) is 13.5. The number of nitrogens with zero attached hydrogens (tertiary/aromatic N) is 2. The number of H-pyrrole nitrogens is 1. The van der Waals surface area contributed by atoms with Crippen molar-refractivity contribution in [1.29, 1.82) is 0 Å². The predicted molar refractivity (Wildman–Crippen MR) is 156 cm³/mol. The topological polar surface area (TPSA) is 115 Å². The molecule has 2 heterocycles. The first-order chi connectivity index (χ1) is 18.8. The van der Waals surface area contributed by atoms with Crippen molar-refractivity contribution in [2.75, 3.05) is 6.54 Å². The van der Waals surface area contributed by atoms with Gasteiger partial charge in [-0.15, -0.1) is 0 Å². The lowest BCUT2D eigenvalue weighted by Crippen LogP contribution is -2.28. The normalized spacial score (nSPS) is 15.1. The molecule has 0 aliphatic heterocycles. The molecule has 1 fully saturated rings. The Morgan fingerprint density at radius 2 is 1.92 bits per heavy atom. The minimum Gasteiger partial charge on any atom is -0.339 e. The van der Waals surface area contributed by atoms with Crippen LogP contribution in [-0.4, -0.2) is 33.2 Å². The van der Waals surface area contributed by atoms with Gasteiger partial charge in [0.05, 0.1) is 16.4 Å². The van der Waals surface area contributed by atoms with E-state index in [1.165, 1.54) is 17.4 Å². The van der Waals surface area contributed by atoms with Gasteiger partial charge >= 0.3 is 5.69 Å². The second-order valence-electron chi connectivity index (χ2n) is 10.8. The van der Waals surface area contributed by atoms with Gasteiger partial charge in [-0.1, -0.05) is 23.7 Å². The van der Waals surface area contributed by atoms with Crippen LogP contribution in [0.4, 0.5) is 4.39 Å². The molecule has 2 atom stereocenters. The van der Waals surface area contributed by atoms with Crippen LogP contribution in [0.1, 0.15) is 50.2 Å². The summed E-state index contributed by atoms with van der Waals surface area (Å²) in [6.07, 6.45) is 7.74. The standard InChI is InChI=1S/C30H36ClFN6O/c1-18(33)3-2-4-20-13-24(28(32)25(31)14-20)27-15-22-17-38(30(39)37-29(22)36-27)23-9-5-19(6-10-23)16-35-12-11-26(34)21-7-8-21/h5-6,9-10,13-15,17-18,21,26,35H,2-4,7-8,11-12,16,33-34H2,1H3,(H,36,37,39)/t18-,26?/m0/s1. The Morgan fingerprint density at radius 1 is 1.15 bits per heavy atom. The maximum absolute atomic E-state index is 15.0. The number of nitrogens with two attached hydrogens (primary N) is 2.